The van der Waals surface area contributed by atoms with Crippen LogP contribution >= 0.6 is 0 Å². The van der Waals surface area contributed by atoms with Gasteiger partial charge in [0, 0.05) is 10.8 Å². The van der Waals surface area contributed by atoms with Gasteiger partial charge >= 0.3 is 0 Å². The van der Waals surface area contributed by atoms with Crippen molar-refractivity contribution in [3.8, 4) is 0 Å². The molecule has 0 fully saturated rings. The highest BCUT2D eigenvalue weighted by Gasteiger charge is 2.07. The molecule has 4 aromatic rings. The number of aromatic nitrogens is 2. The number of hydrazone groups is 2. The van der Waals surface area contributed by atoms with Crippen LogP contribution in [0.3, 0.4) is 0 Å². The minimum atomic E-state index is 0.584. The van der Waals surface area contributed by atoms with E-state index in [1.807, 2.05) is 84.9 Å². The first-order chi connectivity index (χ1) is 13.9. The standard InChI is InChI=1S/C22H18N6/c1-3-9-17(10-4-1)15-23-25-21-19-13-7-8-14-20(19)22(28-27-21)26-24-16-18-11-5-2-6-12-18/h1-16H,(H,25,27)(H,26,28)/b23-15+,24-16+. The van der Waals surface area contributed by atoms with Crippen molar-refractivity contribution >= 4 is 34.8 Å². The van der Waals surface area contributed by atoms with Crippen LogP contribution in [0.1, 0.15) is 11.1 Å². The Kier molecular flexibility index (Phi) is 5.30. The lowest BCUT2D eigenvalue weighted by Crippen LogP contribution is -2.01. The van der Waals surface area contributed by atoms with Crippen molar-refractivity contribution in [2.24, 2.45) is 10.2 Å². The first kappa shape index (κ1) is 17.4. The van der Waals surface area contributed by atoms with Crippen LogP contribution in [0.5, 0.6) is 0 Å². The van der Waals surface area contributed by atoms with Gasteiger partial charge in [-0.25, -0.2) is 0 Å². The molecular formula is C22H18N6. The molecule has 0 aliphatic rings. The van der Waals surface area contributed by atoms with Crippen LogP contribution in [0.4, 0.5) is 11.6 Å². The first-order valence-corrected chi connectivity index (χ1v) is 8.84. The van der Waals surface area contributed by atoms with Crippen LogP contribution in [0.2, 0.25) is 0 Å². The van der Waals surface area contributed by atoms with E-state index in [1.54, 1.807) is 12.4 Å². The van der Waals surface area contributed by atoms with E-state index in [4.69, 9.17) is 0 Å². The monoisotopic (exact) mass is 366 g/mol. The Balaban J connectivity index is 1.55. The van der Waals surface area contributed by atoms with E-state index in [0.717, 1.165) is 21.9 Å². The second-order valence-electron chi connectivity index (χ2n) is 6.00. The third-order valence-electron chi connectivity index (χ3n) is 4.05. The molecule has 1 aromatic heterocycles. The van der Waals surface area contributed by atoms with Gasteiger partial charge in [-0.1, -0.05) is 84.9 Å². The van der Waals surface area contributed by atoms with Crippen molar-refractivity contribution < 1.29 is 0 Å². The highest BCUT2D eigenvalue weighted by atomic mass is 15.4. The zero-order chi connectivity index (χ0) is 19.0. The maximum atomic E-state index is 4.27. The Hall–Kier alpha value is -4.06. The smallest absolute Gasteiger partial charge is 0.176 e. The molecular weight excluding hydrogens is 348 g/mol. The van der Waals surface area contributed by atoms with Gasteiger partial charge in [-0.15, -0.1) is 10.2 Å². The van der Waals surface area contributed by atoms with Crippen molar-refractivity contribution in [2.75, 3.05) is 10.9 Å². The van der Waals surface area contributed by atoms with Gasteiger partial charge in [0.15, 0.2) is 11.6 Å². The van der Waals surface area contributed by atoms with Crippen LogP contribution in [-0.4, -0.2) is 22.6 Å². The Labute approximate surface area is 162 Å². The fraction of sp³-hybridized carbons (Fsp3) is 0. The predicted octanol–water partition coefficient (Wildman–Crippen LogP) is 4.52. The SMILES string of the molecule is C(=N\Nc1nnc(N/N=C/c2ccccc2)c2ccccc12)/c1ccccc1. The molecule has 0 radical (unpaired) electrons. The van der Waals surface area contributed by atoms with Gasteiger partial charge in [-0.05, 0) is 11.1 Å². The summed E-state index contributed by atoms with van der Waals surface area (Å²) in [7, 11) is 0. The van der Waals surface area contributed by atoms with E-state index in [1.165, 1.54) is 0 Å². The molecule has 136 valence electrons. The molecule has 4 rings (SSSR count). The molecule has 0 atom stereocenters. The van der Waals surface area contributed by atoms with E-state index < -0.39 is 0 Å². The molecule has 6 heteroatoms. The fourth-order valence-corrected chi connectivity index (χ4v) is 2.68. The van der Waals surface area contributed by atoms with Crippen molar-refractivity contribution in [1.29, 1.82) is 0 Å². The number of rotatable bonds is 6. The van der Waals surface area contributed by atoms with E-state index in [2.05, 4.69) is 31.3 Å². The fourth-order valence-electron chi connectivity index (χ4n) is 2.68. The van der Waals surface area contributed by atoms with Gasteiger partial charge in [-0.3, -0.25) is 10.9 Å². The Morgan fingerprint density at radius 2 is 0.929 bits per heavy atom. The zero-order valence-electron chi connectivity index (χ0n) is 15.0. The molecule has 1 heterocycles. The zero-order valence-corrected chi connectivity index (χ0v) is 15.0. The largest absolute Gasteiger partial charge is 0.259 e. The van der Waals surface area contributed by atoms with Crippen LogP contribution in [0.25, 0.3) is 10.8 Å². The molecule has 6 nitrogen and oxygen atoms in total. The highest BCUT2D eigenvalue weighted by Crippen LogP contribution is 2.25. The average molecular weight is 366 g/mol. The number of hydrogen-bond donors (Lipinski definition) is 2. The molecule has 0 saturated carbocycles. The molecule has 0 bridgehead atoms. The Bertz CT molecular complexity index is 1020. The number of nitrogens with zero attached hydrogens (tertiary/aromatic N) is 4. The molecule has 0 spiro atoms. The number of benzene rings is 3. The Morgan fingerprint density at radius 3 is 1.36 bits per heavy atom. The second kappa shape index (κ2) is 8.55. The normalized spacial score (nSPS) is 11.3. The van der Waals surface area contributed by atoms with Crippen molar-refractivity contribution in [1.82, 2.24) is 10.2 Å². The molecule has 3 aromatic carbocycles. The summed E-state index contributed by atoms with van der Waals surface area (Å²) in [4.78, 5) is 0. The van der Waals surface area contributed by atoms with Gasteiger partial charge in [0.1, 0.15) is 0 Å². The van der Waals surface area contributed by atoms with Gasteiger partial charge in [0.2, 0.25) is 0 Å². The van der Waals surface area contributed by atoms with Crippen LogP contribution in [-0.2, 0) is 0 Å². The van der Waals surface area contributed by atoms with Gasteiger partial charge < -0.3 is 0 Å². The van der Waals surface area contributed by atoms with Gasteiger partial charge in [0.25, 0.3) is 0 Å². The predicted molar refractivity (Wildman–Crippen MR) is 115 cm³/mol. The first-order valence-electron chi connectivity index (χ1n) is 8.84. The van der Waals surface area contributed by atoms with Crippen LogP contribution in [0, 0.1) is 0 Å². The third kappa shape index (κ3) is 4.19. The summed E-state index contributed by atoms with van der Waals surface area (Å²) in [5, 5.41) is 18.8. The maximum absolute atomic E-state index is 4.27. The number of nitrogens with one attached hydrogen (secondary N) is 2. The van der Waals surface area contributed by atoms with Crippen LogP contribution < -0.4 is 10.9 Å². The summed E-state index contributed by atoms with van der Waals surface area (Å²) in [5.41, 5.74) is 7.95. The summed E-state index contributed by atoms with van der Waals surface area (Å²) in [6, 6.07) is 27.6. The minimum absolute atomic E-state index is 0.584. The summed E-state index contributed by atoms with van der Waals surface area (Å²) >= 11 is 0. The lowest BCUT2D eigenvalue weighted by Gasteiger charge is -2.07. The summed E-state index contributed by atoms with van der Waals surface area (Å²) in [5.74, 6) is 1.17. The van der Waals surface area contributed by atoms with Crippen LogP contribution in [0.15, 0.2) is 95.1 Å². The number of anilines is 2. The quantitative estimate of drug-likeness (QED) is 0.389. The molecule has 28 heavy (non-hydrogen) atoms. The van der Waals surface area contributed by atoms with Crippen molar-refractivity contribution in [2.45, 2.75) is 0 Å². The summed E-state index contributed by atoms with van der Waals surface area (Å²) in [6.45, 7) is 0. The summed E-state index contributed by atoms with van der Waals surface area (Å²) in [6.07, 6.45) is 3.49. The number of hydrogen-bond acceptors (Lipinski definition) is 6. The third-order valence-corrected chi connectivity index (χ3v) is 4.05. The molecule has 0 aliphatic carbocycles. The number of fused-ring (bicyclic) bond motifs is 1. The molecule has 0 unspecified atom stereocenters. The lowest BCUT2D eigenvalue weighted by atomic mass is 10.2. The molecule has 0 amide bonds. The van der Waals surface area contributed by atoms with Gasteiger partial charge in [-0.2, -0.15) is 10.2 Å². The topological polar surface area (TPSA) is 74.6 Å². The maximum Gasteiger partial charge on any atom is 0.176 e. The Morgan fingerprint density at radius 1 is 0.536 bits per heavy atom. The molecule has 0 aliphatic heterocycles. The minimum Gasteiger partial charge on any atom is -0.259 e. The van der Waals surface area contributed by atoms with E-state index in [0.29, 0.717) is 11.6 Å². The average Bonchev–Trinajstić information content (AvgIpc) is 2.76. The highest BCUT2D eigenvalue weighted by molar-refractivity contribution is 5.98. The molecule has 2 N–H and O–H groups in total. The van der Waals surface area contributed by atoms with E-state index in [9.17, 15) is 0 Å². The lowest BCUT2D eigenvalue weighted by molar-refractivity contribution is 1.03. The second-order valence-corrected chi connectivity index (χ2v) is 6.00. The summed E-state index contributed by atoms with van der Waals surface area (Å²) < 4.78 is 0. The molecule has 0 saturated heterocycles. The van der Waals surface area contributed by atoms with Gasteiger partial charge in [0.05, 0.1) is 12.4 Å². The van der Waals surface area contributed by atoms with Crippen molar-refractivity contribution in [3.63, 3.8) is 0 Å². The van der Waals surface area contributed by atoms with Crippen molar-refractivity contribution in [3.05, 3.63) is 96.1 Å². The van der Waals surface area contributed by atoms with E-state index in [-0.39, 0.29) is 0 Å². The van der Waals surface area contributed by atoms with E-state index >= 15 is 0 Å².